The molecular formula is C21H16BrClN2O2. The molecule has 4 nitrogen and oxygen atoms in total. The van der Waals surface area contributed by atoms with E-state index in [4.69, 9.17) is 16.3 Å². The molecule has 6 heteroatoms. The van der Waals surface area contributed by atoms with Gasteiger partial charge in [0.25, 0.3) is 5.91 Å². The number of amides is 1. The van der Waals surface area contributed by atoms with Crippen molar-refractivity contribution in [3.63, 3.8) is 0 Å². The predicted octanol–water partition coefficient (Wildman–Crippen LogP) is 5.45. The molecule has 3 aromatic rings. The number of carbonyl (C=O) groups is 1. The smallest absolute Gasteiger partial charge is 0.272 e. The molecule has 3 rings (SSSR count). The minimum absolute atomic E-state index is 0.283. The molecule has 27 heavy (non-hydrogen) atoms. The van der Waals surface area contributed by atoms with Crippen molar-refractivity contribution < 1.29 is 9.53 Å². The van der Waals surface area contributed by atoms with Crippen LogP contribution in [-0.4, -0.2) is 12.1 Å². The van der Waals surface area contributed by atoms with Crippen LogP contribution >= 0.6 is 27.5 Å². The Morgan fingerprint density at radius 3 is 2.63 bits per heavy atom. The maximum atomic E-state index is 12.1. The molecule has 0 aliphatic rings. The van der Waals surface area contributed by atoms with Crippen LogP contribution in [0.2, 0.25) is 5.02 Å². The van der Waals surface area contributed by atoms with Crippen LogP contribution < -0.4 is 10.2 Å². The van der Waals surface area contributed by atoms with Gasteiger partial charge in [-0.15, -0.1) is 0 Å². The summed E-state index contributed by atoms with van der Waals surface area (Å²) in [5, 5.41) is 4.71. The Balaban J connectivity index is 1.58. The van der Waals surface area contributed by atoms with Gasteiger partial charge in [0.15, 0.2) is 0 Å². The molecule has 0 atom stereocenters. The number of hydrogen-bond acceptors (Lipinski definition) is 3. The lowest BCUT2D eigenvalue weighted by molar-refractivity contribution is 0.0954. The van der Waals surface area contributed by atoms with Crippen molar-refractivity contribution >= 4 is 39.7 Å². The summed E-state index contributed by atoms with van der Waals surface area (Å²) in [6.45, 7) is 0.441. The zero-order chi connectivity index (χ0) is 19.1. The largest absolute Gasteiger partial charge is 0.489 e. The Kier molecular flexibility index (Phi) is 6.63. The van der Waals surface area contributed by atoms with Crippen molar-refractivity contribution in [2.75, 3.05) is 0 Å². The van der Waals surface area contributed by atoms with Crippen LogP contribution in [0.15, 0.2) is 82.4 Å². The summed E-state index contributed by atoms with van der Waals surface area (Å²) >= 11 is 9.23. The van der Waals surface area contributed by atoms with Crippen LogP contribution in [0.3, 0.4) is 0 Å². The number of hydrazone groups is 1. The van der Waals surface area contributed by atoms with E-state index in [0.717, 1.165) is 15.6 Å². The molecule has 0 saturated heterocycles. The molecule has 0 saturated carbocycles. The first-order chi connectivity index (χ1) is 13.1. The zero-order valence-corrected chi connectivity index (χ0v) is 16.6. The van der Waals surface area contributed by atoms with Gasteiger partial charge in [-0.1, -0.05) is 48.0 Å². The summed E-state index contributed by atoms with van der Waals surface area (Å²) in [4.78, 5) is 12.1. The van der Waals surface area contributed by atoms with Crippen LogP contribution in [0.1, 0.15) is 21.5 Å². The Labute approximate surface area is 171 Å². The van der Waals surface area contributed by atoms with E-state index in [2.05, 4.69) is 26.5 Å². The van der Waals surface area contributed by atoms with E-state index in [0.29, 0.717) is 22.9 Å². The summed E-state index contributed by atoms with van der Waals surface area (Å²) < 4.78 is 6.50. The van der Waals surface area contributed by atoms with E-state index in [1.165, 1.54) is 0 Å². The highest BCUT2D eigenvalue weighted by Gasteiger charge is 2.07. The second-order valence-corrected chi connectivity index (χ2v) is 6.96. The molecule has 0 aliphatic carbocycles. The average molecular weight is 444 g/mol. The van der Waals surface area contributed by atoms with Crippen molar-refractivity contribution in [1.82, 2.24) is 5.43 Å². The zero-order valence-electron chi connectivity index (χ0n) is 14.2. The number of nitrogens with one attached hydrogen (secondary N) is 1. The second-order valence-electron chi connectivity index (χ2n) is 5.67. The number of carbonyl (C=O) groups excluding carboxylic acids is 1. The molecule has 0 aliphatic heterocycles. The van der Waals surface area contributed by atoms with E-state index in [9.17, 15) is 4.79 Å². The van der Waals surface area contributed by atoms with Gasteiger partial charge in [0.1, 0.15) is 12.4 Å². The van der Waals surface area contributed by atoms with E-state index < -0.39 is 0 Å². The third-order valence-corrected chi connectivity index (χ3v) is 4.62. The first-order valence-electron chi connectivity index (χ1n) is 8.17. The first-order valence-corrected chi connectivity index (χ1v) is 9.34. The summed E-state index contributed by atoms with van der Waals surface area (Å²) in [6.07, 6.45) is 1.57. The minimum Gasteiger partial charge on any atom is -0.489 e. The Hall–Kier alpha value is -2.63. The fourth-order valence-electron chi connectivity index (χ4n) is 2.30. The molecule has 1 N–H and O–H groups in total. The molecule has 0 radical (unpaired) electrons. The number of hydrogen-bond donors (Lipinski definition) is 1. The van der Waals surface area contributed by atoms with Crippen LogP contribution in [0, 0.1) is 0 Å². The lowest BCUT2D eigenvalue weighted by Crippen LogP contribution is -2.18. The summed E-state index contributed by atoms with van der Waals surface area (Å²) in [7, 11) is 0. The number of halogens is 2. The van der Waals surface area contributed by atoms with Crippen molar-refractivity contribution in [2.45, 2.75) is 6.61 Å². The highest BCUT2D eigenvalue weighted by molar-refractivity contribution is 9.10. The second kappa shape index (κ2) is 9.35. The number of ether oxygens (including phenoxy) is 1. The van der Waals surface area contributed by atoms with Gasteiger partial charge in [-0.2, -0.15) is 5.10 Å². The quantitative estimate of drug-likeness (QED) is 0.407. The topological polar surface area (TPSA) is 50.7 Å². The van der Waals surface area contributed by atoms with E-state index in [1.54, 1.807) is 24.4 Å². The number of nitrogens with zero attached hydrogens (tertiary/aromatic N) is 1. The lowest BCUT2D eigenvalue weighted by atomic mass is 10.2. The highest BCUT2D eigenvalue weighted by Crippen LogP contribution is 2.17. The van der Waals surface area contributed by atoms with E-state index >= 15 is 0 Å². The van der Waals surface area contributed by atoms with Crippen molar-refractivity contribution in [1.29, 1.82) is 0 Å². The molecule has 0 unspecified atom stereocenters. The fraction of sp³-hybridized carbons (Fsp3) is 0.0476. The molecule has 136 valence electrons. The molecule has 0 bridgehead atoms. The van der Waals surface area contributed by atoms with E-state index in [1.807, 2.05) is 54.6 Å². The normalized spacial score (nSPS) is 10.7. The molecule has 0 fully saturated rings. The predicted molar refractivity (Wildman–Crippen MR) is 111 cm³/mol. The van der Waals surface area contributed by atoms with Crippen LogP contribution in [-0.2, 0) is 6.61 Å². The van der Waals surface area contributed by atoms with E-state index in [-0.39, 0.29) is 5.91 Å². The number of benzene rings is 3. The monoisotopic (exact) mass is 442 g/mol. The lowest BCUT2D eigenvalue weighted by Gasteiger charge is -2.07. The van der Waals surface area contributed by atoms with Gasteiger partial charge in [0.05, 0.1) is 11.8 Å². The van der Waals surface area contributed by atoms with Gasteiger partial charge in [-0.3, -0.25) is 4.79 Å². The molecule has 1 amide bonds. The SMILES string of the molecule is O=C(N/N=C\c1cccc(OCc2ccc(Cl)cc2)c1)c1ccccc1Br. The van der Waals surface area contributed by atoms with Crippen molar-refractivity contribution in [2.24, 2.45) is 5.10 Å². The van der Waals surface area contributed by atoms with Crippen LogP contribution in [0.4, 0.5) is 0 Å². The third-order valence-electron chi connectivity index (χ3n) is 3.68. The van der Waals surface area contributed by atoms with Gasteiger partial charge in [-0.25, -0.2) is 5.43 Å². The molecule has 0 spiro atoms. The maximum absolute atomic E-state index is 12.1. The maximum Gasteiger partial charge on any atom is 0.272 e. The van der Waals surface area contributed by atoms with Gasteiger partial charge < -0.3 is 4.74 Å². The Morgan fingerprint density at radius 1 is 1.07 bits per heavy atom. The highest BCUT2D eigenvalue weighted by atomic mass is 79.9. The summed E-state index contributed by atoms with van der Waals surface area (Å²) in [5.41, 5.74) is 4.88. The Bertz CT molecular complexity index is 958. The minimum atomic E-state index is -0.283. The summed E-state index contributed by atoms with van der Waals surface area (Å²) in [5.74, 6) is 0.430. The molecule has 0 heterocycles. The average Bonchev–Trinajstić information content (AvgIpc) is 2.68. The summed E-state index contributed by atoms with van der Waals surface area (Å²) in [6, 6.07) is 22.1. The standard InChI is InChI=1S/C21H16BrClN2O2/c22-20-7-2-1-6-19(20)21(26)25-24-13-16-4-3-5-18(12-16)27-14-15-8-10-17(23)11-9-15/h1-13H,14H2,(H,25,26)/b24-13-. The van der Waals surface area contributed by atoms with Crippen molar-refractivity contribution in [3.05, 3.63) is 99.0 Å². The first kappa shape index (κ1) is 19.1. The van der Waals surface area contributed by atoms with Gasteiger partial charge in [0.2, 0.25) is 0 Å². The molecule has 0 aromatic heterocycles. The van der Waals surface area contributed by atoms with Crippen molar-refractivity contribution in [3.8, 4) is 5.75 Å². The van der Waals surface area contributed by atoms with Gasteiger partial charge in [-0.05, 0) is 63.5 Å². The third kappa shape index (κ3) is 5.67. The van der Waals surface area contributed by atoms with Crippen LogP contribution in [0.5, 0.6) is 5.75 Å². The Morgan fingerprint density at radius 2 is 1.85 bits per heavy atom. The van der Waals surface area contributed by atoms with Gasteiger partial charge >= 0.3 is 0 Å². The van der Waals surface area contributed by atoms with Crippen LogP contribution in [0.25, 0.3) is 0 Å². The molecule has 3 aromatic carbocycles. The van der Waals surface area contributed by atoms with Gasteiger partial charge in [0, 0.05) is 9.50 Å². The fourth-order valence-corrected chi connectivity index (χ4v) is 2.89. The number of rotatable bonds is 6. The molecular weight excluding hydrogens is 428 g/mol.